The van der Waals surface area contributed by atoms with Gasteiger partial charge >= 0.3 is 0 Å². The number of anilines is 1. The standard InChI is InChI=1S/C15H12BrClFNO2/c1-9-2-4-13(11(17)6-9)19-15(20)8-21-14-5-3-10(16)7-12(14)18/h2-7H,8H2,1H3,(H,19,20). The summed E-state index contributed by atoms with van der Waals surface area (Å²) in [6.07, 6.45) is 0. The molecule has 0 aliphatic rings. The normalized spacial score (nSPS) is 10.3. The molecule has 3 nitrogen and oxygen atoms in total. The number of nitrogens with one attached hydrogen (secondary N) is 1. The highest BCUT2D eigenvalue weighted by atomic mass is 79.9. The molecule has 0 atom stereocenters. The second-order valence-electron chi connectivity index (χ2n) is 4.39. The fourth-order valence-corrected chi connectivity index (χ4v) is 2.26. The minimum absolute atomic E-state index is 0.0170. The topological polar surface area (TPSA) is 38.3 Å². The number of carbonyl (C=O) groups is 1. The maximum absolute atomic E-state index is 13.5. The van der Waals surface area contributed by atoms with Crippen molar-refractivity contribution in [2.24, 2.45) is 0 Å². The molecule has 0 bridgehead atoms. The Morgan fingerprint density at radius 1 is 1.33 bits per heavy atom. The maximum atomic E-state index is 13.5. The summed E-state index contributed by atoms with van der Waals surface area (Å²) < 4.78 is 19.3. The predicted molar refractivity (Wildman–Crippen MR) is 84.4 cm³/mol. The zero-order valence-electron chi connectivity index (χ0n) is 11.1. The molecule has 1 N–H and O–H groups in total. The van der Waals surface area contributed by atoms with Gasteiger partial charge in [0, 0.05) is 4.47 Å². The molecule has 0 fully saturated rings. The van der Waals surface area contributed by atoms with Crippen LogP contribution in [-0.4, -0.2) is 12.5 Å². The predicted octanol–water partition coefficient (Wildman–Crippen LogP) is 4.57. The number of ether oxygens (including phenoxy) is 1. The lowest BCUT2D eigenvalue weighted by Crippen LogP contribution is -2.20. The Bertz CT molecular complexity index is 679. The van der Waals surface area contributed by atoms with Crippen molar-refractivity contribution in [3.8, 4) is 5.75 Å². The SMILES string of the molecule is Cc1ccc(NC(=O)COc2ccc(Br)cc2F)c(Cl)c1. The van der Waals surface area contributed by atoms with Gasteiger partial charge in [-0.15, -0.1) is 0 Å². The summed E-state index contributed by atoms with van der Waals surface area (Å²) >= 11 is 9.16. The molecule has 2 aromatic carbocycles. The van der Waals surface area contributed by atoms with Crippen molar-refractivity contribution in [3.63, 3.8) is 0 Å². The molecule has 6 heteroatoms. The third-order valence-corrected chi connectivity index (χ3v) is 3.46. The zero-order chi connectivity index (χ0) is 15.4. The van der Waals surface area contributed by atoms with Gasteiger partial charge < -0.3 is 10.1 Å². The number of hydrogen-bond donors (Lipinski definition) is 1. The minimum atomic E-state index is -0.537. The van der Waals surface area contributed by atoms with E-state index in [4.69, 9.17) is 16.3 Å². The van der Waals surface area contributed by atoms with Crippen molar-refractivity contribution in [2.45, 2.75) is 6.92 Å². The molecule has 0 aliphatic carbocycles. The first kappa shape index (κ1) is 15.8. The third-order valence-electron chi connectivity index (χ3n) is 2.65. The van der Waals surface area contributed by atoms with Crippen LogP contribution < -0.4 is 10.1 Å². The average Bonchev–Trinajstić information content (AvgIpc) is 2.41. The highest BCUT2D eigenvalue weighted by Gasteiger charge is 2.09. The van der Waals surface area contributed by atoms with Crippen molar-refractivity contribution < 1.29 is 13.9 Å². The molecule has 0 unspecified atom stereocenters. The van der Waals surface area contributed by atoms with Gasteiger partial charge in [0.2, 0.25) is 0 Å². The summed E-state index contributed by atoms with van der Waals surface area (Å²) in [5, 5.41) is 3.05. The molecule has 2 rings (SSSR count). The number of halogens is 3. The molecule has 0 spiro atoms. The van der Waals surface area contributed by atoms with Gasteiger partial charge in [0.15, 0.2) is 18.2 Å². The van der Waals surface area contributed by atoms with Gasteiger partial charge in [-0.05, 0) is 42.8 Å². The fourth-order valence-electron chi connectivity index (χ4n) is 1.64. The van der Waals surface area contributed by atoms with E-state index in [1.54, 1.807) is 18.2 Å². The van der Waals surface area contributed by atoms with Crippen molar-refractivity contribution in [1.29, 1.82) is 0 Å². The van der Waals surface area contributed by atoms with Crippen molar-refractivity contribution in [1.82, 2.24) is 0 Å². The van der Waals surface area contributed by atoms with Gasteiger partial charge in [-0.1, -0.05) is 33.6 Å². The Kier molecular flexibility index (Phi) is 5.20. The fraction of sp³-hybridized carbons (Fsp3) is 0.133. The second kappa shape index (κ2) is 6.91. The smallest absolute Gasteiger partial charge is 0.262 e. The van der Waals surface area contributed by atoms with Crippen LogP contribution in [-0.2, 0) is 4.79 Å². The lowest BCUT2D eigenvalue weighted by molar-refractivity contribution is -0.118. The summed E-state index contributed by atoms with van der Waals surface area (Å²) in [5.74, 6) is -0.933. The van der Waals surface area contributed by atoms with E-state index in [0.717, 1.165) is 5.56 Å². The van der Waals surface area contributed by atoms with Gasteiger partial charge in [0.25, 0.3) is 5.91 Å². The number of aryl methyl sites for hydroxylation is 1. The highest BCUT2D eigenvalue weighted by molar-refractivity contribution is 9.10. The van der Waals surface area contributed by atoms with E-state index >= 15 is 0 Å². The number of carbonyl (C=O) groups excluding carboxylic acids is 1. The highest BCUT2D eigenvalue weighted by Crippen LogP contribution is 2.23. The van der Waals surface area contributed by atoms with E-state index in [2.05, 4.69) is 21.2 Å². The van der Waals surface area contributed by atoms with Crippen LogP contribution in [0.2, 0.25) is 5.02 Å². The first-order valence-electron chi connectivity index (χ1n) is 6.09. The minimum Gasteiger partial charge on any atom is -0.481 e. The van der Waals surface area contributed by atoms with Crippen LogP contribution >= 0.6 is 27.5 Å². The van der Waals surface area contributed by atoms with Crippen molar-refractivity contribution in [3.05, 3.63) is 57.3 Å². The van der Waals surface area contributed by atoms with Crippen LogP contribution in [0.4, 0.5) is 10.1 Å². The summed E-state index contributed by atoms with van der Waals surface area (Å²) in [6.45, 7) is 1.60. The first-order chi connectivity index (χ1) is 9.95. The molecule has 0 radical (unpaired) electrons. The van der Waals surface area contributed by atoms with E-state index in [0.29, 0.717) is 15.2 Å². The molecule has 0 aliphatic heterocycles. The van der Waals surface area contributed by atoms with E-state index in [1.807, 2.05) is 13.0 Å². The van der Waals surface area contributed by atoms with Crippen LogP contribution in [0.25, 0.3) is 0 Å². The van der Waals surface area contributed by atoms with Crippen LogP contribution in [0.3, 0.4) is 0 Å². The monoisotopic (exact) mass is 371 g/mol. The van der Waals surface area contributed by atoms with Gasteiger partial charge in [-0.2, -0.15) is 0 Å². The van der Waals surface area contributed by atoms with E-state index in [1.165, 1.54) is 12.1 Å². The molecule has 0 aromatic heterocycles. The summed E-state index contributed by atoms with van der Waals surface area (Å²) in [7, 11) is 0. The van der Waals surface area contributed by atoms with Crippen LogP contribution in [0.5, 0.6) is 5.75 Å². The quantitative estimate of drug-likeness (QED) is 0.854. The van der Waals surface area contributed by atoms with E-state index in [-0.39, 0.29) is 12.4 Å². The molecule has 110 valence electrons. The molecular formula is C15H12BrClFNO2. The summed E-state index contributed by atoms with van der Waals surface area (Å²) in [6, 6.07) is 9.63. The van der Waals surface area contributed by atoms with Gasteiger partial charge in [-0.3, -0.25) is 4.79 Å². The van der Waals surface area contributed by atoms with Crippen molar-refractivity contribution >= 4 is 39.1 Å². The Balaban J connectivity index is 1.96. The Hall–Kier alpha value is -1.59. The van der Waals surface area contributed by atoms with Crippen molar-refractivity contribution in [2.75, 3.05) is 11.9 Å². The Morgan fingerprint density at radius 3 is 2.76 bits per heavy atom. The summed E-state index contributed by atoms with van der Waals surface area (Å²) in [5.41, 5.74) is 1.48. The number of benzene rings is 2. The average molecular weight is 373 g/mol. The third kappa shape index (κ3) is 4.44. The number of rotatable bonds is 4. The number of hydrogen-bond acceptors (Lipinski definition) is 2. The van der Waals surface area contributed by atoms with Gasteiger partial charge in [0.05, 0.1) is 10.7 Å². The van der Waals surface area contributed by atoms with Gasteiger partial charge in [-0.25, -0.2) is 4.39 Å². The first-order valence-corrected chi connectivity index (χ1v) is 7.26. The molecule has 21 heavy (non-hydrogen) atoms. The largest absolute Gasteiger partial charge is 0.481 e. The molecule has 0 heterocycles. The van der Waals surface area contributed by atoms with Crippen LogP contribution in [0.1, 0.15) is 5.56 Å². The van der Waals surface area contributed by atoms with Crippen LogP contribution in [0, 0.1) is 12.7 Å². The lowest BCUT2D eigenvalue weighted by Gasteiger charge is -2.10. The van der Waals surface area contributed by atoms with Crippen LogP contribution in [0.15, 0.2) is 40.9 Å². The van der Waals surface area contributed by atoms with E-state index in [9.17, 15) is 9.18 Å². The van der Waals surface area contributed by atoms with E-state index < -0.39 is 11.7 Å². The maximum Gasteiger partial charge on any atom is 0.262 e. The molecule has 0 saturated carbocycles. The Morgan fingerprint density at radius 2 is 2.10 bits per heavy atom. The molecule has 2 aromatic rings. The molecule has 0 saturated heterocycles. The summed E-state index contributed by atoms with van der Waals surface area (Å²) in [4.78, 5) is 11.8. The second-order valence-corrected chi connectivity index (χ2v) is 5.72. The number of amides is 1. The zero-order valence-corrected chi connectivity index (χ0v) is 13.5. The van der Waals surface area contributed by atoms with Gasteiger partial charge in [0.1, 0.15) is 0 Å². The lowest BCUT2D eigenvalue weighted by atomic mass is 10.2. The molecular weight excluding hydrogens is 361 g/mol. The molecule has 1 amide bonds. The Labute approximate surface area is 135 Å².